The normalized spacial score (nSPS) is 13.0. The number of aromatic nitrogens is 1. The molecule has 1 aliphatic heterocycles. The Kier molecular flexibility index (Phi) is 2.18. The number of benzene rings is 1. The third kappa shape index (κ3) is 1.51. The summed E-state index contributed by atoms with van der Waals surface area (Å²) in [6.07, 6.45) is 0. The SMILES string of the molecule is CCOC(=O)c1cc2c3c(ccc2[nH]1)CN=N3. The Labute approximate surface area is 97.5 Å². The maximum atomic E-state index is 11.6. The van der Waals surface area contributed by atoms with Gasteiger partial charge in [0.05, 0.1) is 18.8 Å². The predicted octanol–water partition coefficient (Wildman–Crippen LogP) is 2.94. The highest BCUT2D eigenvalue weighted by molar-refractivity contribution is 6.00. The van der Waals surface area contributed by atoms with Crippen LogP contribution in [0, 0.1) is 0 Å². The number of hydrogen-bond acceptors (Lipinski definition) is 4. The maximum Gasteiger partial charge on any atom is 0.354 e. The molecule has 5 nitrogen and oxygen atoms in total. The van der Waals surface area contributed by atoms with E-state index in [0.29, 0.717) is 18.8 Å². The summed E-state index contributed by atoms with van der Waals surface area (Å²) in [5.74, 6) is -0.340. The quantitative estimate of drug-likeness (QED) is 0.804. The van der Waals surface area contributed by atoms with E-state index >= 15 is 0 Å². The van der Waals surface area contributed by atoms with Gasteiger partial charge in [0.15, 0.2) is 0 Å². The lowest BCUT2D eigenvalue weighted by molar-refractivity contribution is 0.0520. The minimum Gasteiger partial charge on any atom is -0.461 e. The summed E-state index contributed by atoms with van der Waals surface area (Å²) >= 11 is 0. The van der Waals surface area contributed by atoms with Crippen molar-refractivity contribution in [3.05, 3.63) is 29.5 Å². The second-order valence-corrected chi connectivity index (χ2v) is 3.84. The lowest BCUT2D eigenvalue weighted by Gasteiger charge is -1.96. The van der Waals surface area contributed by atoms with E-state index in [4.69, 9.17) is 4.74 Å². The molecule has 0 saturated carbocycles. The van der Waals surface area contributed by atoms with Crippen molar-refractivity contribution in [3.63, 3.8) is 0 Å². The molecular formula is C12H11N3O2. The highest BCUT2D eigenvalue weighted by Crippen LogP contribution is 2.35. The van der Waals surface area contributed by atoms with E-state index < -0.39 is 0 Å². The number of nitrogens with one attached hydrogen (secondary N) is 1. The molecule has 3 rings (SSSR count). The number of aromatic amines is 1. The van der Waals surface area contributed by atoms with Crippen LogP contribution < -0.4 is 0 Å². The molecule has 0 spiro atoms. The van der Waals surface area contributed by atoms with Crippen LogP contribution in [0.15, 0.2) is 28.4 Å². The second-order valence-electron chi connectivity index (χ2n) is 3.84. The predicted molar refractivity (Wildman–Crippen MR) is 62.5 cm³/mol. The number of carbonyl (C=O) groups is 1. The van der Waals surface area contributed by atoms with Crippen LogP contribution in [-0.4, -0.2) is 17.6 Å². The smallest absolute Gasteiger partial charge is 0.354 e. The molecule has 0 saturated heterocycles. The molecule has 0 aliphatic carbocycles. The lowest BCUT2D eigenvalue weighted by Crippen LogP contribution is -2.04. The molecule has 0 fully saturated rings. The standard InChI is InChI=1S/C12H11N3O2/c1-2-17-12(16)10-5-8-9(14-10)4-3-7-6-13-15-11(7)8/h3-5,14H,2,6H2,1H3. The van der Waals surface area contributed by atoms with Crippen molar-refractivity contribution in [2.75, 3.05) is 6.61 Å². The highest BCUT2D eigenvalue weighted by Gasteiger charge is 2.16. The van der Waals surface area contributed by atoms with Crippen molar-refractivity contribution in [2.24, 2.45) is 10.2 Å². The fourth-order valence-corrected chi connectivity index (χ4v) is 1.98. The van der Waals surface area contributed by atoms with E-state index in [1.54, 1.807) is 13.0 Å². The van der Waals surface area contributed by atoms with Gasteiger partial charge in [-0.15, -0.1) is 0 Å². The van der Waals surface area contributed by atoms with Crippen LogP contribution in [0.4, 0.5) is 5.69 Å². The average molecular weight is 229 g/mol. The fourth-order valence-electron chi connectivity index (χ4n) is 1.98. The van der Waals surface area contributed by atoms with Crippen molar-refractivity contribution < 1.29 is 9.53 Å². The van der Waals surface area contributed by atoms with Gasteiger partial charge in [-0.2, -0.15) is 10.2 Å². The molecule has 0 bridgehead atoms. The van der Waals surface area contributed by atoms with Gasteiger partial charge in [0, 0.05) is 16.5 Å². The van der Waals surface area contributed by atoms with Crippen LogP contribution in [-0.2, 0) is 11.3 Å². The third-order valence-corrected chi connectivity index (χ3v) is 2.77. The van der Waals surface area contributed by atoms with E-state index in [-0.39, 0.29) is 5.97 Å². The van der Waals surface area contributed by atoms with Gasteiger partial charge in [0.2, 0.25) is 0 Å². The number of azo groups is 1. The number of nitrogens with zero attached hydrogens (tertiary/aromatic N) is 2. The van der Waals surface area contributed by atoms with Gasteiger partial charge in [0.25, 0.3) is 0 Å². The van der Waals surface area contributed by atoms with Gasteiger partial charge in [-0.25, -0.2) is 4.79 Å². The maximum absolute atomic E-state index is 11.6. The Balaban J connectivity index is 2.13. The number of ether oxygens (including phenoxy) is 1. The van der Waals surface area contributed by atoms with Crippen molar-refractivity contribution in [2.45, 2.75) is 13.5 Å². The largest absolute Gasteiger partial charge is 0.461 e. The number of H-pyrrole nitrogens is 1. The minimum absolute atomic E-state index is 0.340. The number of esters is 1. The molecule has 2 heterocycles. The van der Waals surface area contributed by atoms with Crippen LogP contribution in [0.1, 0.15) is 23.0 Å². The molecule has 0 atom stereocenters. The molecule has 17 heavy (non-hydrogen) atoms. The average Bonchev–Trinajstić information content (AvgIpc) is 2.94. The molecule has 86 valence electrons. The molecule has 0 radical (unpaired) electrons. The van der Waals surface area contributed by atoms with Crippen molar-refractivity contribution >= 4 is 22.6 Å². The Bertz CT molecular complexity index is 628. The van der Waals surface area contributed by atoms with Gasteiger partial charge >= 0.3 is 5.97 Å². The van der Waals surface area contributed by atoms with Crippen LogP contribution in [0.25, 0.3) is 10.9 Å². The summed E-state index contributed by atoms with van der Waals surface area (Å²) in [6.45, 7) is 2.77. The summed E-state index contributed by atoms with van der Waals surface area (Å²) in [5, 5.41) is 9.01. The minimum atomic E-state index is -0.340. The summed E-state index contributed by atoms with van der Waals surface area (Å²) in [5.41, 5.74) is 3.28. The van der Waals surface area contributed by atoms with Crippen LogP contribution in [0.5, 0.6) is 0 Å². The van der Waals surface area contributed by atoms with Crippen LogP contribution >= 0.6 is 0 Å². The summed E-state index contributed by atoms with van der Waals surface area (Å²) in [4.78, 5) is 14.6. The molecule has 5 heteroatoms. The van der Waals surface area contributed by atoms with E-state index in [9.17, 15) is 4.79 Å². The summed E-state index contributed by atoms with van der Waals surface area (Å²) < 4.78 is 4.95. The monoisotopic (exact) mass is 229 g/mol. The molecular weight excluding hydrogens is 218 g/mol. The van der Waals surface area contributed by atoms with Crippen molar-refractivity contribution in [1.82, 2.24) is 4.98 Å². The number of carbonyl (C=O) groups excluding carboxylic acids is 1. The van der Waals surface area contributed by atoms with E-state index in [1.807, 2.05) is 12.1 Å². The first kappa shape index (κ1) is 10.0. The Morgan fingerprint density at radius 3 is 3.24 bits per heavy atom. The number of hydrogen-bond donors (Lipinski definition) is 1. The van der Waals surface area contributed by atoms with Gasteiger partial charge in [-0.3, -0.25) is 0 Å². The molecule has 0 unspecified atom stereocenters. The highest BCUT2D eigenvalue weighted by atomic mass is 16.5. The second kappa shape index (κ2) is 3.69. The number of rotatable bonds is 2. The zero-order valence-corrected chi connectivity index (χ0v) is 9.36. The summed E-state index contributed by atoms with van der Waals surface area (Å²) in [6, 6.07) is 5.69. The van der Waals surface area contributed by atoms with Crippen molar-refractivity contribution in [1.29, 1.82) is 0 Å². The van der Waals surface area contributed by atoms with Crippen molar-refractivity contribution in [3.8, 4) is 0 Å². The molecule has 2 aromatic rings. The van der Waals surface area contributed by atoms with Gasteiger partial charge in [-0.05, 0) is 19.1 Å². The topological polar surface area (TPSA) is 66.8 Å². The van der Waals surface area contributed by atoms with E-state index in [2.05, 4.69) is 15.2 Å². The molecule has 1 N–H and O–H groups in total. The first-order valence-electron chi connectivity index (χ1n) is 5.49. The van der Waals surface area contributed by atoms with Crippen LogP contribution in [0.3, 0.4) is 0 Å². The zero-order valence-electron chi connectivity index (χ0n) is 9.36. The molecule has 1 aromatic heterocycles. The van der Waals surface area contributed by atoms with Crippen LogP contribution in [0.2, 0.25) is 0 Å². The van der Waals surface area contributed by atoms with E-state index in [1.165, 1.54) is 0 Å². The first-order chi connectivity index (χ1) is 8.29. The Hall–Kier alpha value is -2.17. The lowest BCUT2D eigenvalue weighted by atomic mass is 10.1. The number of fused-ring (bicyclic) bond motifs is 3. The molecule has 1 aromatic carbocycles. The van der Waals surface area contributed by atoms with E-state index in [0.717, 1.165) is 22.2 Å². The fraction of sp³-hybridized carbons (Fsp3) is 0.250. The first-order valence-corrected chi connectivity index (χ1v) is 5.49. The molecule has 0 amide bonds. The van der Waals surface area contributed by atoms with Gasteiger partial charge in [-0.1, -0.05) is 6.07 Å². The molecule has 1 aliphatic rings. The summed E-state index contributed by atoms with van der Waals surface area (Å²) in [7, 11) is 0. The van der Waals surface area contributed by atoms with Gasteiger partial charge in [0.1, 0.15) is 5.69 Å². The van der Waals surface area contributed by atoms with Gasteiger partial charge < -0.3 is 9.72 Å². The Morgan fingerprint density at radius 2 is 2.41 bits per heavy atom. The third-order valence-electron chi connectivity index (χ3n) is 2.77. The zero-order chi connectivity index (χ0) is 11.8. The Morgan fingerprint density at radius 1 is 1.53 bits per heavy atom.